The van der Waals surface area contributed by atoms with E-state index in [-0.39, 0.29) is 41.8 Å². The van der Waals surface area contributed by atoms with Gasteiger partial charge in [0, 0.05) is 19.2 Å². The molecule has 128 valence electrons. The summed E-state index contributed by atoms with van der Waals surface area (Å²) in [4.78, 5) is 25.8. The normalized spacial score (nSPS) is 24.5. The lowest BCUT2D eigenvalue weighted by atomic mass is 9.93. The fourth-order valence-corrected chi connectivity index (χ4v) is 4.96. The maximum Gasteiger partial charge on any atom is 0.223 e. The van der Waals surface area contributed by atoms with Crippen molar-refractivity contribution in [1.82, 2.24) is 10.2 Å². The van der Waals surface area contributed by atoms with Crippen molar-refractivity contribution >= 4 is 27.7 Å². The Bertz CT molecular complexity index is 801. The first-order valence-electron chi connectivity index (χ1n) is 7.91. The Morgan fingerprint density at radius 1 is 1.29 bits per heavy atom. The van der Waals surface area contributed by atoms with Crippen LogP contribution in [0.1, 0.15) is 36.9 Å². The summed E-state index contributed by atoms with van der Waals surface area (Å²) in [5, 5.41) is 2.79. The van der Waals surface area contributed by atoms with Gasteiger partial charge in [-0.1, -0.05) is 24.3 Å². The molecule has 0 unspecified atom stereocenters. The van der Waals surface area contributed by atoms with E-state index >= 15 is 0 Å². The lowest BCUT2D eigenvalue weighted by Crippen LogP contribution is -2.39. The molecule has 1 aromatic carbocycles. The summed E-state index contributed by atoms with van der Waals surface area (Å²) in [6.45, 7) is 1.47. The van der Waals surface area contributed by atoms with Crippen molar-refractivity contribution in [3.05, 3.63) is 41.6 Å². The number of benzene rings is 1. The van der Waals surface area contributed by atoms with Crippen LogP contribution < -0.4 is 5.32 Å². The molecule has 2 aliphatic rings. The van der Waals surface area contributed by atoms with Gasteiger partial charge in [-0.3, -0.25) is 9.59 Å². The van der Waals surface area contributed by atoms with Gasteiger partial charge in [-0.2, -0.15) is 0 Å². The number of carbonyl (C=O) groups excluding carboxylic acids is 2. The third kappa shape index (κ3) is 3.51. The Kier molecular flexibility index (Phi) is 4.45. The van der Waals surface area contributed by atoms with Gasteiger partial charge in [0.25, 0.3) is 0 Å². The van der Waals surface area contributed by atoms with Crippen molar-refractivity contribution in [2.45, 2.75) is 31.8 Å². The lowest BCUT2D eigenvalue weighted by molar-refractivity contribution is -0.130. The van der Waals surface area contributed by atoms with E-state index in [9.17, 15) is 18.0 Å². The molecule has 1 aromatic rings. The molecular formula is C17H20N2O4S. The van der Waals surface area contributed by atoms with Gasteiger partial charge in [-0.15, -0.1) is 0 Å². The molecule has 0 aromatic heterocycles. The highest BCUT2D eigenvalue weighted by atomic mass is 32.2. The lowest BCUT2D eigenvalue weighted by Gasteiger charge is -2.32. The van der Waals surface area contributed by atoms with E-state index in [1.165, 1.54) is 6.92 Å². The molecule has 0 bridgehead atoms. The summed E-state index contributed by atoms with van der Waals surface area (Å²) in [6.07, 6.45) is 4.11. The van der Waals surface area contributed by atoms with Gasteiger partial charge in [0.1, 0.15) is 0 Å². The molecule has 2 atom stereocenters. The van der Waals surface area contributed by atoms with Gasteiger partial charge < -0.3 is 10.2 Å². The van der Waals surface area contributed by atoms with Crippen LogP contribution in [0.3, 0.4) is 0 Å². The van der Waals surface area contributed by atoms with Crippen molar-refractivity contribution in [3.8, 4) is 0 Å². The molecular weight excluding hydrogens is 328 g/mol. The first kappa shape index (κ1) is 16.7. The van der Waals surface area contributed by atoms with Crippen LogP contribution in [0.5, 0.6) is 0 Å². The first-order valence-corrected chi connectivity index (χ1v) is 9.74. The molecule has 0 radical (unpaired) electrons. The van der Waals surface area contributed by atoms with E-state index in [4.69, 9.17) is 0 Å². The zero-order valence-corrected chi connectivity index (χ0v) is 14.3. The van der Waals surface area contributed by atoms with Crippen LogP contribution in [-0.4, -0.2) is 42.7 Å². The molecule has 0 saturated carbocycles. The van der Waals surface area contributed by atoms with Crippen molar-refractivity contribution in [3.63, 3.8) is 0 Å². The van der Waals surface area contributed by atoms with E-state index in [0.717, 1.165) is 11.1 Å². The number of amides is 2. The average Bonchev–Trinajstić information content (AvgIpc) is 2.86. The summed E-state index contributed by atoms with van der Waals surface area (Å²) in [6, 6.07) is 6.94. The van der Waals surface area contributed by atoms with Gasteiger partial charge in [0.05, 0.1) is 24.0 Å². The van der Waals surface area contributed by atoms with Gasteiger partial charge in [-0.25, -0.2) is 8.42 Å². The zero-order chi connectivity index (χ0) is 17.3. The minimum absolute atomic E-state index is 0.00365. The maximum absolute atomic E-state index is 12.4. The SMILES string of the molecule is CC(=O)N1C=Cc2ccccc2[C@H]1CC(=O)N[C@@H]1CCS(=O)(=O)C1. The minimum Gasteiger partial charge on any atom is -0.352 e. The number of hydrogen-bond donors (Lipinski definition) is 1. The largest absolute Gasteiger partial charge is 0.352 e. The van der Waals surface area contributed by atoms with E-state index in [2.05, 4.69) is 5.32 Å². The summed E-state index contributed by atoms with van der Waals surface area (Å²) in [5.41, 5.74) is 1.90. The smallest absolute Gasteiger partial charge is 0.223 e. The number of nitrogens with zero attached hydrogens (tertiary/aromatic N) is 1. The second kappa shape index (κ2) is 6.39. The molecule has 1 N–H and O–H groups in total. The molecule has 0 spiro atoms. The second-order valence-corrected chi connectivity index (χ2v) is 8.49. The van der Waals surface area contributed by atoms with Crippen molar-refractivity contribution in [2.24, 2.45) is 0 Å². The number of rotatable bonds is 3. The van der Waals surface area contributed by atoms with Gasteiger partial charge in [-0.05, 0) is 23.6 Å². The Labute approximate surface area is 141 Å². The fourth-order valence-electron chi connectivity index (χ4n) is 3.28. The topological polar surface area (TPSA) is 83.6 Å². The maximum atomic E-state index is 12.4. The number of sulfone groups is 1. The summed E-state index contributed by atoms with van der Waals surface area (Å²) >= 11 is 0. The molecule has 2 amide bonds. The highest BCUT2D eigenvalue weighted by Crippen LogP contribution is 2.32. The Morgan fingerprint density at radius 2 is 2.04 bits per heavy atom. The van der Waals surface area contributed by atoms with E-state index in [1.807, 2.05) is 30.3 Å². The Morgan fingerprint density at radius 3 is 2.71 bits per heavy atom. The number of carbonyl (C=O) groups is 2. The molecule has 0 aliphatic carbocycles. The third-order valence-corrected chi connectivity index (χ3v) is 6.21. The standard InChI is InChI=1S/C17H20N2O4S/c1-12(20)19-8-6-13-4-2-3-5-15(13)16(19)10-17(21)18-14-7-9-24(22,23)11-14/h2-6,8,14,16H,7,9-11H2,1H3,(H,18,21)/t14-,16-/m1/s1. The highest BCUT2D eigenvalue weighted by molar-refractivity contribution is 7.91. The van der Waals surface area contributed by atoms with Crippen LogP contribution in [0.15, 0.2) is 30.5 Å². The molecule has 6 nitrogen and oxygen atoms in total. The van der Waals surface area contributed by atoms with Crippen LogP contribution in [0.25, 0.3) is 6.08 Å². The summed E-state index contributed by atoms with van der Waals surface area (Å²) < 4.78 is 23.0. The van der Waals surface area contributed by atoms with Gasteiger partial charge in [0.2, 0.25) is 11.8 Å². The monoisotopic (exact) mass is 348 g/mol. The summed E-state index contributed by atoms with van der Waals surface area (Å²) in [5.74, 6) is -0.261. The number of hydrogen-bond acceptors (Lipinski definition) is 4. The third-order valence-electron chi connectivity index (χ3n) is 4.45. The van der Waals surface area contributed by atoms with Gasteiger partial charge in [0.15, 0.2) is 9.84 Å². The average molecular weight is 348 g/mol. The van der Waals surface area contributed by atoms with Gasteiger partial charge >= 0.3 is 0 Å². The molecule has 24 heavy (non-hydrogen) atoms. The fraction of sp³-hybridized carbons (Fsp3) is 0.412. The van der Waals surface area contributed by atoms with Crippen LogP contribution in [0.2, 0.25) is 0 Å². The summed E-state index contributed by atoms with van der Waals surface area (Å²) in [7, 11) is -3.04. The molecule has 2 aliphatic heterocycles. The van der Waals surface area contributed by atoms with Crippen molar-refractivity contribution in [1.29, 1.82) is 0 Å². The Hall–Kier alpha value is -2.15. The van der Waals surface area contributed by atoms with E-state index in [1.54, 1.807) is 11.1 Å². The van der Waals surface area contributed by atoms with Crippen molar-refractivity contribution in [2.75, 3.05) is 11.5 Å². The highest BCUT2D eigenvalue weighted by Gasteiger charge is 2.32. The van der Waals surface area contributed by atoms with Crippen LogP contribution in [0, 0.1) is 0 Å². The van der Waals surface area contributed by atoms with Crippen LogP contribution in [-0.2, 0) is 19.4 Å². The molecule has 2 heterocycles. The number of fused-ring (bicyclic) bond motifs is 1. The quantitative estimate of drug-likeness (QED) is 0.891. The predicted octanol–water partition coefficient (Wildman–Crippen LogP) is 1.25. The van der Waals surface area contributed by atoms with E-state index in [0.29, 0.717) is 6.42 Å². The predicted molar refractivity (Wildman–Crippen MR) is 90.6 cm³/mol. The molecule has 1 saturated heterocycles. The molecule has 1 fully saturated rings. The van der Waals surface area contributed by atoms with Crippen LogP contribution in [0.4, 0.5) is 0 Å². The number of nitrogens with one attached hydrogen (secondary N) is 1. The zero-order valence-electron chi connectivity index (χ0n) is 13.4. The van der Waals surface area contributed by atoms with Crippen LogP contribution >= 0.6 is 0 Å². The molecule has 7 heteroatoms. The Balaban J connectivity index is 1.75. The second-order valence-electron chi connectivity index (χ2n) is 6.26. The van der Waals surface area contributed by atoms with Crippen molar-refractivity contribution < 1.29 is 18.0 Å². The molecule has 3 rings (SSSR count). The van der Waals surface area contributed by atoms with E-state index < -0.39 is 9.84 Å². The first-order chi connectivity index (χ1) is 11.4. The minimum atomic E-state index is -3.04.